The summed E-state index contributed by atoms with van der Waals surface area (Å²) in [7, 11) is 0. The summed E-state index contributed by atoms with van der Waals surface area (Å²) < 4.78 is 1.98. The minimum atomic E-state index is 0.100. The molecule has 0 radical (unpaired) electrons. The fourth-order valence-corrected chi connectivity index (χ4v) is 5.16. The number of rotatable bonds is 7. The summed E-state index contributed by atoms with van der Waals surface area (Å²) in [6.45, 7) is 9.92. The van der Waals surface area contributed by atoms with Crippen LogP contribution in [0.15, 0.2) is 29.4 Å². The van der Waals surface area contributed by atoms with Crippen LogP contribution in [0.1, 0.15) is 47.0 Å². The SMILES string of the molecule is CCN(CC)C(=O)CSc1nc2ccccc2n1CC(=O)N1[C@H](C)CCC[C@H]1C. The number of imidazole rings is 1. The van der Waals surface area contributed by atoms with E-state index in [0.29, 0.717) is 18.8 Å². The van der Waals surface area contributed by atoms with Crippen molar-refractivity contribution in [2.75, 3.05) is 18.8 Å². The number of thioether (sulfide) groups is 1. The van der Waals surface area contributed by atoms with Gasteiger partial charge in [0.25, 0.3) is 0 Å². The molecule has 1 aliphatic rings. The Morgan fingerprint density at radius 1 is 1.14 bits per heavy atom. The first-order chi connectivity index (χ1) is 14.0. The quantitative estimate of drug-likeness (QED) is 0.645. The average Bonchev–Trinajstić information content (AvgIpc) is 3.04. The third-order valence-electron chi connectivity index (χ3n) is 5.84. The summed E-state index contributed by atoms with van der Waals surface area (Å²) in [6, 6.07) is 8.40. The van der Waals surface area contributed by atoms with E-state index < -0.39 is 0 Å². The van der Waals surface area contributed by atoms with Crippen LogP contribution >= 0.6 is 11.8 Å². The summed E-state index contributed by atoms with van der Waals surface area (Å²) in [5, 5.41) is 0.734. The summed E-state index contributed by atoms with van der Waals surface area (Å²) >= 11 is 1.42. The van der Waals surface area contributed by atoms with Crippen molar-refractivity contribution < 1.29 is 9.59 Å². The second-order valence-electron chi connectivity index (χ2n) is 7.75. The van der Waals surface area contributed by atoms with Crippen LogP contribution in [0.5, 0.6) is 0 Å². The standard InChI is InChI=1S/C22H32N4O2S/c1-5-24(6-2)21(28)15-29-22-23-18-12-7-8-13-19(18)25(22)14-20(27)26-16(3)10-9-11-17(26)4/h7-8,12-13,16-17H,5-6,9-11,14-15H2,1-4H3/t16-,17-/m1/s1. The summed E-state index contributed by atoms with van der Waals surface area (Å²) in [5.74, 6) is 0.559. The van der Waals surface area contributed by atoms with E-state index in [1.165, 1.54) is 18.2 Å². The molecule has 1 saturated heterocycles. The van der Waals surface area contributed by atoms with Gasteiger partial charge in [-0.2, -0.15) is 0 Å². The number of hydrogen-bond donors (Lipinski definition) is 0. The number of carbonyl (C=O) groups is 2. The molecule has 0 aliphatic carbocycles. The minimum absolute atomic E-state index is 0.100. The number of fused-ring (bicyclic) bond motifs is 1. The van der Waals surface area contributed by atoms with Gasteiger partial charge in [-0.25, -0.2) is 4.98 Å². The van der Waals surface area contributed by atoms with Crippen molar-refractivity contribution in [2.24, 2.45) is 0 Å². The first-order valence-electron chi connectivity index (χ1n) is 10.6. The van der Waals surface area contributed by atoms with E-state index in [4.69, 9.17) is 4.98 Å². The summed E-state index contributed by atoms with van der Waals surface area (Å²) in [6.07, 6.45) is 3.29. The van der Waals surface area contributed by atoms with Gasteiger partial charge in [-0.15, -0.1) is 0 Å². The normalized spacial score (nSPS) is 19.5. The molecule has 6 nitrogen and oxygen atoms in total. The van der Waals surface area contributed by atoms with Gasteiger partial charge in [0.15, 0.2) is 5.16 Å². The van der Waals surface area contributed by atoms with Gasteiger partial charge in [0.1, 0.15) is 6.54 Å². The highest BCUT2D eigenvalue weighted by atomic mass is 32.2. The second kappa shape index (κ2) is 9.65. The number of piperidine rings is 1. The smallest absolute Gasteiger partial charge is 0.243 e. The molecule has 29 heavy (non-hydrogen) atoms. The van der Waals surface area contributed by atoms with Crippen LogP contribution in [0.3, 0.4) is 0 Å². The number of amides is 2. The zero-order valence-corrected chi connectivity index (χ0v) is 18.7. The van der Waals surface area contributed by atoms with Gasteiger partial charge in [-0.05, 0) is 59.1 Å². The maximum Gasteiger partial charge on any atom is 0.243 e. The Morgan fingerprint density at radius 3 is 2.45 bits per heavy atom. The van der Waals surface area contributed by atoms with Gasteiger partial charge in [-0.1, -0.05) is 23.9 Å². The number of para-hydroxylation sites is 2. The lowest BCUT2D eigenvalue weighted by molar-refractivity contribution is -0.138. The Bertz CT molecular complexity index is 852. The van der Waals surface area contributed by atoms with Gasteiger partial charge in [0.05, 0.1) is 16.8 Å². The lowest BCUT2D eigenvalue weighted by Crippen LogP contribution is -2.48. The monoisotopic (exact) mass is 416 g/mol. The average molecular weight is 417 g/mol. The number of aromatic nitrogens is 2. The minimum Gasteiger partial charge on any atom is -0.343 e. The van der Waals surface area contributed by atoms with E-state index in [1.807, 2.05) is 52.5 Å². The van der Waals surface area contributed by atoms with Crippen LogP contribution in [0.25, 0.3) is 11.0 Å². The van der Waals surface area contributed by atoms with E-state index in [-0.39, 0.29) is 30.4 Å². The molecule has 2 atom stereocenters. The van der Waals surface area contributed by atoms with E-state index >= 15 is 0 Å². The molecular formula is C22H32N4O2S. The van der Waals surface area contributed by atoms with Gasteiger partial charge in [-0.3, -0.25) is 9.59 Å². The third kappa shape index (κ3) is 4.77. The Kier molecular flexibility index (Phi) is 7.22. The lowest BCUT2D eigenvalue weighted by Gasteiger charge is -2.39. The third-order valence-corrected chi connectivity index (χ3v) is 6.80. The maximum absolute atomic E-state index is 13.2. The Morgan fingerprint density at radius 2 is 1.79 bits per heavy atom. The largest absolute Gasteiger partial charge is 0.343 e. The van der Waals surface area contributed by atoms with Crippen molar-refractivity contribution in [1.82, 2.24) is 19.4 Å². The van der Waals surface area contributed by atoms with Crippen LogP contribution in [0, 0.1) is 0 Å². The molecule has 1 aromatic heterocycles. The zero-order chi connectivity index (χ0) is 21.0. The van der Waals surface area contributed by atoms with Gasteiger partial charge < -0.3 is 14.4 Å². The molecule has 1 fully saturated rings. The predicted molar refractivity (Wildman–Crippen MR) is 118 cm³/mol. The molecule has 158 valence electrons. The van der Waals surface area contributed by atoms with Crippen molar-refractivity contribution in [2.45, 2.75) is 70.7 Å². The number of hydrogen-bond acceptors (Lipinski definition) is 4. The van der Waals surface area contributed by atoms with Crippen molar-refractivity contribution in [3.63, 3.8) is 0 Å². The molecule has 1 aliphatic heterocycles. The van der Waals surface area contributed by atoms with Gasteiger partial charge in [0.2, 0.25) is 11.8 Å². The molecule has 2 aromatic rings. The second-order valence-corrected chi connectivity index (χ2v) is 8.70. The Labute approximate surface area is 177 Å². The number of likely N-dealkylation sites (tertiary alicyclic amines) is 1. The maximum atomic E-state index is 13.2. The highest BCUT2D eigenvalue weighted by Gasteiger charge is 2.29. The topological polar surface area (TPSA) is 58.4 Å². The highest BCUT2D eigenvalue weighted by Crippen LogP contribution is 2.27. The molecule has 0 N–H and O–H groups in total. The summed E-state index contributed by atoms with van der Waals surface area (Å²) in [4.78, 5) is 34.2. The fourth-order valence-electron chi connectivity index (χ4n) is 4.24. The highest BCUT2D eigenvalue weighted by molar-refractivity contribution is 7.99. The first kappa shape index (κ1) is 21.7. The van der Waals surface area contributed by atoms with Crippen LogP contribution < -0.4 is 0 Å². The van der Waals surface area contributed by atoms with Crippen LogP contribution in [0.4, 0.5) is 0 Å². The fraction of sp³-hybridized carbons (Fsp3) is 0.591. The molecule has 2 amide bonds. The van der Waals surface area contributed by atoms with Crippen molar-refractivity contribution in [3.05, 3.63) is 24.3 Å². The Hall–Kier alpha value is -2.02. The van der Waals surface area contributed by atoms with Crippen molar-refractivity contribution in [3.8, 4) is 0 Å². The molecule has 0 saturated carbocycles. The van der Waals surface area contributed by atoms with Gasteiger partial charge in [0, 0.05) is 25.2 Å². The van der Waals surface area contributed by atoms with Crippen molar-refractivity contribution >= 4 is 34.6 Å². The van der Waals surface area contributed by atoms with Crippen molar-refractivity contribution in [1.29, 1.82) is 0 Å². The van der Waals surface area contributed by atoms with Crippen LogP contribution in [-0.2, 0) is 16.1 Å². The molecule has 0 spiro atoms. The molecule has 0 bridgehead atoms. The first-order valence-corrected chi connectivity index (χ1v) is 11.6. The molecule has 2 heterocycles. The molecule has 3 rings (SSSR count). The predicted octanol–water partition coefficient (Wildman–Crippen LogP) is 3.79. The van der Waals surface area contributed by atoms with E-state index in [0.717, 1.165) is 29.0 Å². The number of carbonyl (C=O) groups excluding carboxylic acids is 2. The molecule has 1 aromatic carbocycles. The zero-order valence-electron chi connectivity index (χ0n) is 17.9. The van der Waals surface area contributed by atoms with Crippen LogP contribution in [0.2, 0.25) is 0 Å². The molecule has 7 heteroatoms. The molecule has 0 unspecified atom stereocenters. The number of nitrogens with zero attached hydrogens (tertiary/aromatic N) is 4. The van der Waals surface area contributed by atoms with Gasteiger partial charge >= 0.3 is 0 Å². The summed E-state index contributed by atoms with van der Waals surface area (Å²) in [5.41, 5.74) is 1.80. The van der Waals surface area contributed by atoms with Crippen LogP contribution in [-0.4, -0.2) is 62.1 Å². The lowest BCUT2D eigenvalue weighted by atomic mass is 9.97. The van der Waals surface area contributed by atoms with E-state index in [2.05, 4.69) is 13.8 Å². The van der Waals surface area contributed by atoms with E-state index in [1.54, 1.807) is 0 Å². The Balaban J connectivity index is 1.83. The number of benzene rings is 1. The van der Waals surface area contributed by atoms with E-state index in [9.17, 15) is 9.59 Å². The molecular weight excluding hydrogens is 384 g/mol.